The van der Waals surface area contributed by atoms with Gasteiger partial charge in [0.25, 0.3) is 0 Å². The molecule has 1 aromatic carbocycles. The Balaban J connectivity index is 2.44. The summed E-state index contributed by atoms with van der Waals surface area (Å²) in [6.45, 7) is 12.9. The van der Waals surface area contributed by atoms with Crippen molar-refractivity contribution >= 4 is 8.07 Å². The second-order valence-electron chi connectivity index (χ2n) is 5.87. The minimum absolute atomic E-state index is 0.243. The van der Waals surface area contributed by atoms with Gasteiger partial charge in [-0.1, -0.05) is 56.0 Å². The van der Waals surface area contributed by atoms with Gasteiger partial charge in [0.2, 0.25) is 5.82 Å². The SMILES string of the molecule is C=C[C@](C)(n1nnc(-c2ccccc2)n1)[Si](C)(C)C. The first-order chi connectivity index (χ1) is 8.88. The third-order valence-corrected chi connectivity index (χ3v) is 7.22. The molecule has 100 valence electrons. The predicted octanol–water partition coefficient (Wildman–Crippen LogP) is 3.12. The average Bonchev–Trinajstić information content (AvgIpc) is 2.87. The van der Waals surface area contributed by atoms with Crippen molar-refractivity contribution in [3.63, 3.8) is 0 Å². The van der Waals surface area contributed by atoms with E-state index >= 15 is 0 Å². The van der Waals surface area contributed by atoms with Crippen molar-refractivity contribution in [3.8, 4) is 11.4 Å². The molecule has 1 heterocycles. The monoisotopic (exact) mass is 272 g/mol. The summed E-state index contributed by atoms with van der Waals surface area (Å²) in [7, 11) is -1.56. The van der Waals surface area contributed by atoms with Crippen LogP contribution in [0.15, 0.2) is 43.0 Å². The maximum atomic E-state index is 4.55. The van der Waals surface area contributed by atoms with Crippen LogP contribution < -0.4 is 0 Å². The fraction of sp³-hybridized carbons (Fsp3) is 0.357. The molecule has 0 fully saturated rings. The lowest BCUT2D eigenvalue weighted by molar-refractivity contribution is 0.422. The van der Waals surface area contributed by atoms with Crippen LogP contribution in [0.5, 0.6) is 0 Å². The number of hydrogen-bond donors (Lipinski definition) is 0. The van der Waals surface area contributed by atoms with Crippen molar-refractivity contribution in [2.75, 3.05) is 0 Å². The number of hydrogen-bond acceptors (Lipinski definition) is 3. The zero-order chi connectivity index (χ0) is 14.1. The van der Waals surface area contributed by atoms with Gasteiger partial charge >= 0.3 is 0 Å². The quantitative estimate of drug-likeness (QED) is 0.634. The number of benzene rings is 1. The molecule has 0 aliphatic carbocycles. The summed E-state index contributed by atoms with van der Waals surface area (Å²) in [4.78, 5) is 1.72. The van der Waals surface area contributed by atoms with E-state index in [1.807, 2.05) is 36.4 Å². The molecule has 0 amide bonds. The van der Waals surface area contributed by atoms with Crippen LogP contribution in [0, 0.1) is 0 Å². The molecule has 0 saturated carbocycles. The first kappa shape index (κ1) is 13.7. The highest BCUT2D eigenvalue weighted by atomic mass is 28.3. The van der Waals surface area contributed by atoms with E-state index in [-0.39, 0.29) is 5.16 Å². The Hall–Kier alpha value is -1.75. The van der Waals surface area contributed by atoms with Gasteiger partial charge in [-0.3, -0.25) is 0 Å². The summed E-state index contributed by atoms with van der Waals surface area (Å²) >= 11 is 0. The predicted molar refractivity (Wildman–Crippen MR) is 80.4 cm³/mol. The van der Waals surface area contributed by atoms with Crippen LogP contribution in [-0.4, -0.2) is 28.3 Å². The van der Waals surface area contributed by atoms with E-state index in [1.165, 1.54) is 0 Å². The van der Waals surface area contributed by atoms with Gasteiger partial charge in [-0.15, -0.1) is 16.8 Å². The number of aromatic nitrogens is 4. The number of allylic oxidation sites excluding steroid dienone is 1. The highest BCUT2D eigenvalue weighted by Crippen LogP contribution is 2.28. The first-order valence-corrected chi connectivity index (χ1v) is 9.88. The first-order valence-electron chi connectivity index (χ1n) is 6.38. The molecule has 2 rings (SSSR count). The molecule has 1 atom stereocenters. The standard InChI is InChI=1S/C14H20N4Si/c1-6-14(2,19(3,4)5)18-16-13(15-17-18)12-10-8-7-9-11-12/h6-11H,1H2,2-5H3/t14-/m1/s1. The van der Waals surface area contributed by atoms with Crippen molar-refractivity contribution in [2.45, 2.75) is 31.7 Å². The molecular weight excluding hydrogens is 252 g/mol. The zero-order valence-corrected chi connectivity index (χ0v) is 13.0. The zero-order valence-electron chi connectivity index (χ0n) is 12.0. The Morgan fingerprint density at radius 2 is 1.84 bits per heavy atom. The molecule has 0 spiro atoms. The van der Waals surface area contributed by atoms with E-state index in [0.717, 1.165) is 5.56 Å². The fourth-order valence-electron chi connectivity index (χ4n) is 1.80. The molecule has 0 aliphatic heterocycles. The molecule has 4 nitrogen and oxygen atoms in total. The molecule has 0 bridgehead atoms. The largest absolute Gasteiger partial charge is 0.204 e. The highest BCUT2D eigenvalue weighted by molar-refractivity contribution is 6.78. The Morgan fingerprint density at radius 1 is 1.21 bits per heavy atom. The summed E-state index contributed by atoms with van der Waals surface area (Å²) in [5.74, 6) is 0.659. The lowest BCUT2D eigenvalue weighted by atomic mass is 10.2. The molecular formula is C14H20N4Si. The van der Waals surface area contributed by atoms with Crippen LogP contribution in [-0.2, 0) is 5.16 Å². The van der Waals surface area contributed by atoms with E-state index in [0.29, 0.717) is 5.82 Å². The van der Waals surface area contributed by atoms with E-state index in [1.54, 1.807) is 4.80 Å². The molecule has 5 heteroatoms. The van der Waals surface area contributed by atoms with Gasteiger partial charge in [0.1, 0.15) is 0 Å². The van der Waals surface area contributed by atoms with Gasteiger partial charge in [0, 0.05) is 5.56 Å². The smallest absolute Gasteiger partial charge is 0.157 e. The van der Waals surface area contributed by atoms with Crippen LogP contribution in [0.1, 0.15) is 6.92 Å². The van der Waals surface area contributed by atoms with E-state index in [4.69, 9.17) is 0 Å². The van der Waals surface area contributed by atoms with Crippen molar-refractivity contribution in [1.82, 2.24) is 20.2 Å². The molecule has 19 heavy (non-hydrogen) atoms. The van der Waals surface area contributed by atoms with Gasteiger partial charge in [0.05, 0.1) is 13.2 Å². The highest BCUT2D eigenvalue weighted by Gasteiger charge is 2.40. The average molecular weight is 272 g/mol. The van der Waals surface area contributed by atoms with Crippen molar-refractivity contribution < 1.29 is 0 Å². The van der Waals surface area contributed by atoms with Crippen LogP contribution in [0.2, 0.25) is 19.6 Å². The van der Waals surface area contributed by atoms with Crippen molar-refractivity contribution in [3.05, 3.63) is 43.0 Å². The van der Waals surface area contributed by atoms with E-state index < -0.39 is 8.07 Å². The van der Waals surface area contributed by atoms with Crippen molar-refractivity contribution in [2.24, 2.45) is 0 Å². The topological polar surface area (TPSA) is 43.6 Å². The number of tetrazole rings is 1. The molecule has 0 saturated heterocycles. The molecule has 1 aromatic heterocycles. The van der Waals surface area contributed by atoms with Gasteiger partial charge in [-0.25, -0.2) is 0 Å². The van der Waals surface area contributed by atoms with E-state index in [9.17, 15) is 0 Å². The lowest BCUT2D eigenvalue weighted by Gasteiger charge is -2.36. The van der Waals surface area contributed by atoms with Crippen LogP contribution in [0.25, 0.3) is 11.4 Å². The number of nitrogens with zero attached hydrogens (tertiary/aromatic N) is 4. The summed E-state index contributed by atoms with van der Waals surface area (Å²) in [5, 5.41) is 12.7. The second-order valence-corrected chi connectivity index (χ2v) is 11.4. The van der Waals surface area contributed by atoms with Crippen molar-refractivity contribution in [1.29, 1.82) is 0 Å². The third kappa shape index (κ3) is 2.38. The Bertz CT molecular complexity index is 571. The summed E-state index contributed by atoms with van der Waals surface area (Å²) in [6.07, 6.45) is 1.94. The van der Waals surface area contributed by atoms with Gasteiger partial charge in [-0.05, 0) is 12.1 Å². The fourth-order valence-corrected chi connectivity index (χ4v) is 3.11. The Kier molecular flexibility index (Phi) is 3.41. The lowest BCUT2D eigenvalue weighted by Crippen LogP contribution is -2.51. The Morgan fingerprint density at radius 3 is 2.37 bits per heavy atom. The summed E-state index contributed by atoms with van der Waals surface area (Å²) in [6, 6.07) is 9.90. The molecule has 0 unspecified atom stereocenters. The molecule has 0 radical (unpaired) electrons. The Labute approximate surface area is 115 Å². The third-order valence-electron chi connectivity index (χ3n) is 3.78. The van der Waals surface area contributed by atoms with Crippen LogP contribution in [0.3, 0.4) is 0 Å². The normalized spacial score (nSPS) is 14.9. The summed E-state index contributed by atoms with van der Waals surface area (Å²) in [5.41, 5.74) is 0.982. The maximum absolute atomic E-state index is 4.55. The number of rotatable bonds is 4. The molecule has 0 aliphatic rings. The van der Waals surface area contributed by atoms with Crippen LogP contribution in [0.4, 0.5) is 0 Å². The minimum atomic E-state index is -1.56. The molecule has 2 aromatic rings. The summed E-state index contributed by atoms with van der Waals surface area (Å²) < 4.78 is 0. The molecule has 0 N–H and O–H groups in total. The van der Waals surface area contributed by atoms with E-state index in [2.05, 4.69) is 48.6 Å². The van der Waals surface area contributed by atoms with Crippen LogP contribution >= 0.6 is 0 Å². The van der Waals surface area contributed by atoms with Gasteiger partial charge < -0.3 is 0 Å². The van der Waals surface area contributed by atoms with Gasteiger partial charge in [0.15, 0.2) is 0 Å². The van der Waals surface area contributed by atoms with Gasteiger partial charge in [-0.2, -0.15) is 4.80 Å². The second kappa shape index (κ2) is 4.73. The minimum Gasteiger partial charge on any atom is -0.157 e. The maximum Gasteiger partial charge on any atom is 0.204 e.